The van der Waals surface area contributed by atoms with Crippen LogP contribution in [0.5, 0.6) is 0 Å². The number of aromatic nitrogens is 4. The second kappa shape index (κ2) is 5.82. The van der Waals surface area contributed by atoms with Gasteiger partial charge in [0.05, 0.1) is 6.20 Å². The first-order chi connectivity index (χ1) is 12.6. The van der Waals surface area contributed by atoms with Crippen LogP contribution in [0.4, 0.5) is 4.39 Å². The molecule has 4 aromatic rings. The quantitative estimate of drug-likeness (QED) is 0.592. The van der Waals surface area contributed by atoms with Crippen molar-refractivity contribution in [2.24, 2.45) is 0 Å². The predicted molar refractivity (Wildman–Crippen MR) is 89.8 cm³/mol. The maximum absolute atomic E-state index is 13.2. The molecule has 0 unspecified atom stereocenters. The van der Waals surface area contributed by atoms with Crippen molar-refractivity contribution in [2.75, 3.05) is 0 Å². The Hall–Kier alpha value is -3.99. The van der Waals surface area contributed by atoms with Crippen LogP contribution in [0, 0.1) is 17.1 Å². The zero-order valence-electron chi connectivity index (χ0n) is 13.1. The summed E-state index contributed by atoms with van der Waals surface area (Å²) in [5.41, 5.74) is 2.62. The molecule has 0 aliphatic heterocycles. The lowest BCUT2D eigenvalue weighted by atomic mass is 10.00. The normalized spacial score (nSPS) is 10.8. The molecular weight excluding hydrogens is 337 g/mol. The van der Waals surface area contributed by atoms with Gasteiger partial charge in [-0.15, -0.1) is 0 Å². The van der Waals surface area contributed by atoms with Gasteiger partial charge >= 0.3 is 5.97 Å². The van der Waals surface area contributed by atoms with E-state index in [9.17, 15) is 19.6 Å². The zero-order valence-corrected chi connectivity index (χ0v) is 13.1. The number of aromatic carboxylic acids is 1. The standard InChI is InChI=1S/C18H10FN5O2/c19-12-4-1-10(2-5-12)16-15(17(18(25)26)23-22-16)11-3-6-14-21-8-13(7-20)24(14)9-11/h1-6,8-9H,(H,22,23)(H,25,26). The first-order valence-electron chi connectivity index (χ1n) is 7.53. The summed E-state index contributed by atoms with van der Waals surface area (Å²) in [6.45, 7) is 0. The molecule has 4 rings (SSSR count). The van der Waals surface area contributed by atoms with Gasteiger partial charge in [-0.3, -0.25) is 9.50 Å². The largest absolute Gasteiger partial charge is 0.477 e. The fraction of sp³-hybridized carbons (Fsp3) is 0. The number of imidazole rings is 1. The van der Waals surface area contributed by atoms with E-state index in [1.165, 1.54) is 30.5 Å². The van der Waals surface area contributed by atoms with Crippen LogP contribution in [-0.4, -0.2) is 30.7 Å². The molecule has 126 valence electrons. The molecule has 0 saturated carbocycles. The molecule has 2 N–H and O–H groups in total. The number of fused-ring (bicyclic) bond motifs is 1. The maximum Gasteiger partial charge on any atom is 0.354 e. The topological polar surface area (TPSA) is 107 Å². The number of nitriles is 1. The number of halogens is 1. The number of carbonyl (C=O) groups is 1. The number of hydrogen-bond donors (Lipinski definition) is 2. The molecule has 0 aliphatic carbocycles. The van der Waals surface area contributed by atoms with Crippen molar-refractivity contribution in [3.05, 3.63) is 66.0 Å². The number of carboxylic acids is 1. The van der Waals surface area contributed by atoms with Crippen molar-refractivity contribution < 1.29 is 14.3 Å². The average Bonchev–Trinajstić information content (AvgIpc) is 3.25. The van der Waals surface area contributed by atoms with E-state index in [-0.39, 0.29) is 5.69 Å². The second-order valence-corrected chi connectivity index (χ2v) is 5.54. The van der Waals surface area contributed by atoms with Crippen molar-refractivity contribution in [2.45, 2.75) is 0 Å². The molecule has 0 atom stereocenters. The number of pyridine rings is 1. The first kappa shape index (κ1) is 15.5. The number of nitrogens with one attached hydrogen (secondary N) is 1. The van der Waals surface area contributed by atoms with Gasteiger partial charge in [0.2, 0.25) is 0 Å². The Morgan fingerprint density at radius 1 is 1.19 bits per heavy atom. The van der Waals surface area contributed by atoms with Gasteiger partial charge in [0.15, 0.2) is 5.69 Å². The number of nitrogens with zero attached hydrogens (tertiary/aromatic N) is 4. The Labute approximate surface area is 146 Å². The van der Waals surface area contributed by atoms with Crippen molar-refractivity contribution in [1.82, 2.24) is 19.6 Å². The van der Waals surface area contributed by atoms with Crippen LogP contribution in [0.15, 0.2) is 48.8 Å². The van der Waals surface area contributed by atoms with E-state index in [4.69, 9.17) is 0 Å². The van der Waals surface area contributed by atoms with Crippen LogP contribution in [0.3, 0.4) is 0 Å². The van der Waals surface area contributed by atoms with E-state index in [1.807, 2.05) is 6.07 Å². The van der Waals surface area contributed by atoms with Gasteiger partial charge in [0, 0.05) is 22.9 Å². The molecule has 0 bridgehead atoms. The van der Waals surface area contributed by atoms with E-state index in [1.54, 1.807) is 22.7 Å². The summed E-state index contributed by atoms with van der Waals surface area (Å²) in [5, 5.41) is 25.3. The highest BCUT2D eigenvalue weighted by atomic mass is 19.1. The third kappa shape index (κ3) is 2.39. The fourth-order valence-electron chi connectivity index (χ4n) is 2.81. The minimum Gasteiger partial charge on any atom is -0.477 e. The summed E-state index contributed by atoms with van der Waals surface area (Å²) >= 11 is 0. The Balaban J connectivity index is 1.98. The number of rotatable bonds is 3. The number of aromatic amines is 1. The second-order valence-electron chi connectivity index (χ2n) is 5.54. The molecule has 0 amide bonds. The van der Waals surface area contributed by atoms with E-state index in [0.717, 1.165) is 0 Å². The predicted octanol–water partition coefficient (Wildman–Crippen LogP) is 3.10. The number of benzene rings is 1. The SMILES string of the molecule is N#Cc1cnc2ccc(-c3c(-c4ccc(F)cc4)n[nH]c3C(=O)O)cn12. The van der Waals surface area contributed by atoms with Crippen LogP contribution in [0.1, 0.15) is 16.2 Å². The van der Waals surface area contributed by atoms with Gasteiger partial charge in [-0.2, -0.15) is 10.4 Å². The van der Waals surface area contributed by atoms with Crippen molar-refractivity contribution in [3.63, 3.8) is 0 Å². The van der Waals surface area contributed by atoms with E-state index in [2.05, 4.69) is 15.2 Å². The molecule has 0 radical (unpaired) electrons. The Bertz CT molecular complexity index is 1180. The highest BCUT2D eigenvalue weighted by Crippen LogP contribution is 2.33. The fourth-order valence-corrected chi connectivity index (χ4v) is 2.81. The van der Waals surface area contributed by atoms with Gasteiger partial charge < -0.3 is 5.11 Å². The average molecular weight is 347 g/mol. The van der Waals surface area contributed by atoms with Crippen molar-refractivity contribution in [1.29, 1.82) is 5.26 Å². The van der Waals surface area contributed by atoms with Crippen LogP contribution in [-0.2, 0) is 0 Å². The number of H-pyrrole nitrogens is 1. The van der Waals surface area contributed by atoms with Gasteiger partial charge in [0.25, 0.3) is 0 Å². The molecule has 0 fully saturated rings. The lowest BCUT2D eigenvalue weighted by molar-refractivity contribution is 0.0691. The van der Waals surface area contributed by atoms with E-state index < -0.39 is 11.8 Å². The van der Waals surface area contributed by atoms with Crippen LogP contribution in [0.2, 0.25) is 0 Å². The van der Waals surface area contributed by atoms with Crippen LogP contribution >= 0.6 is 0 Å². The molecule has 0 aliphatic rings. The molecule has 1 aromatic carbocycles. The number of carboxylic acid groups (broad SMARTS) is 1. The van der Waals surface area contributed by atoms with Gasteiger partial charge in [-0.1, -0.05) is 0 Å². The molecule has 0 spiro atoms. The zero-order chi connectivity index (χ0) is 18.3. The maximum atomic E-state index is 13.2. The highest BCUT2D eigenvalue weighted by molar-refractivity contribution is 5.98. The molecule has 8 heteroatoms. The molecule has 7 nitrogen and oxygen atoms in total. The summed E-state index contributed by atoms with van der Waals surface area (Å²) in [6.07, 6.45) is 3.07. The van der Waals surface area contributed by atoms with Gasteiger partial charge in [-0.05, 0) is 36.4 Å². The molecule has 3 heterocycles. The summed E-state index contributed by atoms with van der Waals surface area (Å²) in [6, 6.07) is 11.0. The van der Waals surface area contributed by atoms with Gasteiger partial charge in [0.1, 0.15) is 28.9 Å². The highest BCUT2D eigenvalue weighted by Gasteiger charge is 2.22. The monoisotopic (exact) mass is 347 g/mol. The summed E-state index contributed by atoms with van der Waals surface area (Å²) in [4.78, 5) is 15.7. The molecular formula is C18H10FN5O2. The third-order valence-corrected chi connectivity index (χ3v) is 4.01. The Kier molecular flexibility index (Phi) is 3.48. The lowest BCUT2D eigenvalue weighted by Crippen LogP contribution is -2.00. The van der Waals surface area contributed by atoms with Crippen molar-refractivity contribution in [3.8, 4) is 28.5 Å². The summed E-state index contributed by atoms with van der Waals surface area (Å²) in [5.74, 6) is -1.57. The third-order valence-electron chi connectivity index (χ3n) is 4.01. The lowest BCUT2D eigenvalue weighted by Gasteiger charge is -2.06. The minimum absolute atomic E-state index is 0.0951. The first-order valence-corrected chi connectivity index (χ1v) is 7.53. The van der Waals surface area contributed by atoms with Gasteiger partial charge in [-0.25, -0.2) is 14.2 Å². The van der Waals surface area contributed by atoms with Crippen molar-refractivity contribution >= 4 is 11.6 Å². The molecule has 0 saturated heterocycles. The molecule has 26 heavy (non-hydrogen) atoms. The molecule has 3 aromatic heterocycles. The van der Waals surface area contributed by atoms with Crippen LogP contribution in [0.25, 0.3) is 28.0 Å². The van der Waals surface area contributed by atoms with E-state index in [0.29, 0.717) is 33.7 Å². The van der Waals surface area contributed by atoms with Crippen LogP contribution < -0.4 is 0 Å². The number of hydrogen-bond acceptors (Lipinski definition) is 4. The van der Waals surface area contributed by atoms with E-state index >= 15 is 0 Å². The Morgan fingerprint density at radius 2 is 1.92 bits per heavy atom. The minimum atomic E-state index is -1.17. The summed E-state index contributed by atoms with van der Waals surface area (Å²) < 4.78 is 14.8. The Morgan fingerprint density at radius 3 is 2.62 bits per heavy atom. The summed E-state index contributed by atoms with van der Waals surface area (Å²) in [7, 11) is 0. The smallest absolute Gasteiger partial charge is 0.354 e.